The summed E-state index contributed by atoms with van der Waals surface area (Å²) < 4.78 is 0. The first kappa shape index (κ1) is 16.2. The summed E-state index contributed by atoms with van der Waals surface area (Å²) in [6, 6.07) is 19.7. The Morgan fingerprint density at radius 1 is 0.920 bits per heavy atom. The van der Waals surface area contributed by atoms with Crippen molar-refractivity contribution >= 4 is 16.6 Å². The van der Waals surface area contributed by atoms with Crippen LogP contribution in [0.25, 0.3) is 10.9 Å². The van der Waals surface area contributed by atoms with Crippen LogP contribution in [0.5, 0.6) is 0 Å². The van der Waals surface area contributed by atoms with Gasteiger partial charge in [-0.1, -0.05) is 36.4 Å². The maximum atomic E-state index is 5.96. The summed E-state index contributed by atoms with van der Waals surface area (Å²) in [5.74, 6) is 0. The lowest BCUT2D eigenvalue weighted by molar-refractivity contribution is 0.180. The van der Waals surface area contributed by atoms with Gasteiger partial charge in [0.2, 0.25) is 0 Å². The minimum absolute atomic E-state index is 0.388. The van der Waals surface area contributed by atoms with E-state index in [1.807, 2.05) is 0 Å². The lowest BCUT2D eigenvalue weighted by Gasteiger charge is -2.40. The molecule has 1 aliphatic heterocycles. The van der Waals surface area contributed by atoms with Crippen LogP contribution >= 0.6 is 0 Å². The number of hydrogen-bond donors (Lipinski definition) is 2. The van der Waals surface area contributed by atoms with Crippen LogP contribution in [0.1, 0.15) is 18.0 Å². The summed E-state index contributed by atoms with van der Waals surface area (Å²) in [4.78, 5) is 8.50. The van der Waals surface area contributed by atoms with Gasteiger partial charge in [0, 0.05) is 55.0 Å². The summed E-state index contributed by atoms with van der Waals surface area (Å²) >= 11 is 0. The normalized spacial score (nSPS) is 17.1. The number of fused-ring (bicyclic) bond motifs is 1. The lowest BCUT2D eigenvalue weighted by atomic mass is 10.00. The van der Waals surface area contributed by atoms with E-state index in [4.69, 9.17) is 5.73 Å². The van der Waals surface area contributed by atoms with Crippen molar-refractivity contribution < 1.29 is 0 Å². The highest BCUT2D eigenvalue weighted by Gasteiger charge is 2.26. The zero-order valence-corrected chi connectivity index (χ0v) is 14.6. The van der Waals surface area contributed by atoms with Crippen LogP contribution in [-0.2, 0) is 0 Å². The number of para-hydroxylation sites is 2. The maximum Gasteiger partial charge on any atom is 0.0457 e. The average Bonchev–Trinajstić information content (AvgIpc) is 3.11. The molecule has 3 N–H and O–H groups in total. The number of piperazine rings is 1. The van der Waals surface area contributed by atoms with Gasteiger partial charge in [0.05, 0.1) is 0 Å². The molecule has 3 aromatic rings. The van der Waals surface area contributed by atoms with E-state index in [1.165, 1.54) is 22.2 Å². The number of nitrogens with two attached hydrogens (primary N) is 1. The number of anilines is 1. The molecule has 2 heterocycles. The van der Waals surface area contributed by atoms with Crippen molar-refractivity contribution in [3.63, 3.8) is 0 Å². The molecule has 4 nitrogen and oxygen atoms in total. The highest BCUT2D eigenvalue weighted by molar-refractivity contribution is 5.83. The van der Waals surface area contributed by atoms with Gasteiger partial charge in [-0.05, 0) is 36.7 Å². The Kier molecular flexibility index (Phi) is 4.72. The standard InChI is InChI=1S/C21H26N4/c22-11-10-21(19-16-23-20-9-5-4-8-18(19)20)25-14-12-24(13-15-25)17-6-2-1-3-7-17/h1-9,16,21,23H,10-15,22H2. The van der Waals surface area contributed by atoms with Crippen molar-refractivity contribution in [2.45, 2.75) is 12.5 Å². The highest BCUT2D eigenvalue weighted by atomic mass is 15.3. The Morgan fingerprint density at radius 3 is 2.40 bits per heavy atom. The summed E-state index contributed by atoms with van der Waals surface area (Å²) in [5.41, 5.74) is 9.88. The van der Waals surface area contributed by atoms with Crippen molar-refractivity contribution in [2.75, 3.05) is 37.6 Å². The van der Waals surface area contributed by atoms with E-state index in [0.29, 0.717) is 12.6 Å². The fourth-order valence-electron chi connectivity index (χ4n) is 3.99. The van der Waals surface area contributed by atoms with Crippen molar-refractivity contribution in [3.05, 3.63) is 66.4 Å². The van der Waals surface area contributed by atoms with Gasteiger partial charge in [-0.3, -0.25) is 4.90 Å². The SMILES string of the molecule is NCCC(c1c[nH]c2ccccc12)N1CCN(c2ccccc2)CC1. The zero-order chi connectivity index (χ0) is 17.1. The second kappa shape index (κ2) is 7.30. The minimum atomic E-state index is 0.388. The predicted octanol–water partition coefficient (Wildman–Crippen LogP) is 3.38. The molecule has 1 unspecified atom stereocenters. The van der Waals surface area contributed by atoms with E-state index in [1.54, 1.807) is 0 Å². The van der Waals surface area contributed by atoms with Crippen molar-refractivity contribution in [1.82, 2.24) is 9.88 Å². The van der Waals surface area contributed by atoms with Crippen LogP contribution in [0, 0.1) is 0 Å². The van der Waals surface area contributed by atoms with Crippen LogP contribution in [-0.4, -0.2) is 42.6 Å². The van der Waals surface area contributed by atoms with Crippen LogP contribution in [0.2, 0.25) is 0 Å². The molecule has 1 fully saturated rings. The van der Waals surface area contributed by atoms with Crippen LogP contribution in [0.15, 0.2) is 60.8 Å². The van der Waals surface area contributed by atoms with E-state index >= 15 is 0 Å². The smallest absolute Gasteiger partial charge is 0.0457 e. The van der Waals surface area contributed by atoms with Gasteiger partial charge in [-0.2, -0.15) is 0 Å². The molecule has 0 aliphatic carbocycles. The number of aromatic nitrogens is 1. The number of nitrogens with one attached hydrogen (secondary N) is 1. The number of benzene rings is 2. The number of hydrogen-bond acceptors (Lipinski definition) is 3. The third-order valence-electron chi connectivity index (χ3n) is 5.30. The molecule has 0 amide bonds. The second-order valence-corrected chi connectivity index (χ2v) is 6.74. The van der Waals surface area contributed by atoms with E-state index in [9.17, 15) is 0 Å². The molecular weight excluding hydrogens is 308 g/mol. The number of nitrogens with zero attached hydrogens (tertiary/aromatic N) is 2. The third kappa shape index (κ3) is 3.28. The molecule has 2 aromatic carbocycles. The molecular formula is C21H26N4. The first-order valence-corrected chi connectivity index (χ1v) is 9.17. The molecule has 1 aliphatic rings. The van der Waals surface area contributed by atoms with Gasteiger partial charge >= 0.3 is 0 Å². The molecule has 0 saturated carbocycles. The van der Waals surface area contributed by atoms with Crippen LogP contribution in [0.3, 0.4) is 0 Å². The first-order chi connectivity index (χ1) is 12.4. The van der Waals surface area contributed by atoms with E-state index in [-0.39, 0.29) is 0 Å². The Balaban J connectivity index is 1.53. The second-order valence-electron chi connectivity index (χ2n) is 6.74. The Morgan fingerprint density at radius 2 is 1.64 bits per heavy atom. The first-order valence-electron chi connectivity index (χ1n) is 9.17. The average molecular weight is 334 g/mol. The van der Waals surface area contributed by atoms with E-state index in [0.717, 1.165) is 32.6 Å². The largest absolute Gasteiger partial charge is 0.369 e. The van der Waals surface area contributed by atoms with Gasteiger partial charge in [0.15, 0.2) is 0 Å². The lowest BCUT2D eigenvalue weighted by Crippen LogP contribution is -2.48. The quantitative estimate of drug-likeness (QED) is 0.752. The van der Waals surface area contributed by atoms with Gasteiger partial charge in [0.1, 0.15) is 0 Å². The Bertz CT molecular complexity index is 803. The number of H-pyrrole nitrogens is 1. The third-order valence-corrected chi connectivity index (χ3v) is 5.30. The Hall–Kier alpha value is -2.30. The van der Waals surface area contributed by atoms with Crippen molar-refractivity contribution in [2.24, 2.45) is 5.73 Å². The monoisotopic (exact) mass is 334 g/mol. The van der Waals surface area contributed by atoms with E-state index in [2.05, 4.69) is 75.6 Å². The molecule has 4 heteroatoms. The van der Waals surface area contributed by atoms with Gasteiger partial charge in [-0.25, -0.2) is 0 Å². The van der Waals surface area contributed by atoms with Crippen molar-refractivity contribution in [1.29, 1.82) is 0 Å². The van der Waals surface area contributed by atoms with Gasteiger partial charge in [0.25, 0.3) is 0 Å². The molecule has 1 aromatic heterocycles. The summed E-state index contributed by atoms with van der Waals surface area (Å²) in [7, 11) is 0. The summed E-state index contributed by atoms with van der Waals surface area (Å²) in [5, 5.41) is 1.33. The van der Waals surface area contributed by atoms with E-state index < -0.39 is 0 Å². The minimum Gasteiger partial charge on any atom is -0.369 e. The Labute approximate surface area is 149 Å². The summed E-state index contributed by atoms with van der Waals surface area (Å²) in [6.45, 7) is 4.97. The molecule has 0 bridgehead atoms. The topological polar surface area (TPSA) is 48.3 Å². The molecule has 1 saturated heterocycles. The van der Waals surface area contributed by atoms with Gasteiger partial charge < -0.3 is 15.6 Å². The maximum absolute atomic E-state index is 5.96. The molecule has 25 heavy (non-hydrogen) atoms. The van der Waals surface area contributed by atoms with Crippen molar-refractivity contribution in [3.8, 4) is 0 Å². The molecule has 130 valence electrons. The molecule has 1 atom stereocenters. The number of aromatic amines is 1. The highest BCUT2D eigenvalue weighted by Crippen LogP contribution is 2.31. The zero-order valence-electron chi connectivity index (χ0n) is 14.6. The molecule has 4 rings (SSSR count). The fourth-order valence-corrected chi connectivity index (χ4v) is 3.99. The van der Waals surface area contributed by atoms with Crippen LogP contribution in [0.4, 0.5) is 5.69 Å². The predicted molar refractivity (Wildman–Crippen MR) is 105 cm³/mol. The summed E-state index contributed by atoms with van der Waals surface area (Å²) in [6.07, 6.45) is 3.17. The van der Waals surface area contributed by atoms with Gasteiger partial charge in [-0.15, -0.1) is 0 Å². The fraction of sp³-hybridized carbons (Fsp3) is 0.333. The number of rotatable bonds is 5. The molecule has 0 radical (unpaired) electrons. The van der Waals surface area contributed by atoms with Crippen LogP contribution < -0.4 is 10.6 Å². The molecule has 0 spiro atoms.